The molecule has 7 nitrogen and oxygen atoms in total. The monoisotopic (exact) mass is 402 g/mol. The van der Waals surface area contributed by atoms with Gasteiger partial charge in [0.2, 0.25) is 0 Å². The minimum Gasteiger partial charge on any atom is -0.497 e. The molecular weight excluding hydrogens is 380 g/mol. The second-order valence-corrected chi connectivity index (χ2v) is 6.88. The van der Waals surface area contributed by atoms with E-state index in [1.807, 2.05) is 55.5 Å². The van der Waals surface area contributed by atoms with Crippen LogP contribution >= 0.6 is 0 Å². The number of carbonyl (C=O) groups excluding carboxylic acids is 1. The van der Waals surface area contributed by atoms with E-state index in [2.05, 4.69) is 15.4 Å². The van der Waals surface area contributed by atoms with Crippen molar-refractivity contribution in [2.45, 2.75) is 13.8 Å². The number of ether oxygens (including phenoxy) is 2. The highest BCUT2D eigenvalue weighted by Crippen LogP contribution is 2.29. The third kappa shape index (κ3) is 3.57. The average molecular weight is 402 g/mol. The first-order valence-corrected chi connectivity index (χ1v) is 9.46. The second-order valence-electron chi connectivity index (χ2n) is 6.88. The molecule has 3 aromatic rings. The third-order valence-corrected chi connectivity index (χ3v) is 4.84. The first-order valence-electron chi connectivity index (χ1n) is 9.46. The second kappa shape index (κ2) is 7.87. The van der Waals surface area contributed by atoms with Gasteiger partial charge in [-0.15, -0.1) is 0 Å². The summed E-state index contributed by atoms with van der Waals surface area (Å²) in [6, 6.07) is 15.0. The van der Waals surface area contributed by atoms with Gasteiger partial charge in [0.1, 0.15) is 23.0 Å². The number of pyridine rings is 1. The van der Waals surface area contributed by atoms with Crippen molar-refractivity contribution in [1.29, 1.82) is 0 Å². The van der Waals surface area contributed by atoms with E-state index in [4.69, 9.17) is 9.47 Å². The number of para-hydroxylation sites is 1. The third-order valence-electron chi connectivity index (χ3n) is 4.84. The molecule has 1 aliphatic rings. The number of fused-ring (bicyclic) bond motifs is 1. The van der Waals surface area contributed by atoms with Crippen molar-refractivity contribution >= 4 is 34.4 Å². The Morgan fingerprint density at radius 3 is 2.60 bits per heavy atom. The van der Waals surface area contributed by atoms with Crippen LogP contribution in [0.2, 0.25) is 0 Å². The van der Waals surface area contributed by atoms with E-state index in [0.717, 1.165) is 27.8 Å². The van der Waals surface area contributed by atoms with Gasteiger partial charge in [-0.25, -0.2) is 10.0 Å². The van der Waals surface area contributed by atoms with Crippen molar-refractivity contribution in [2.75, 3.05) is 19.6 Å². The maximum absolute atomic E-state index is 13.1. The summed E-state index contributed by atoms with van der Waals surface area (Å²) in [7, 11) is 3.22. The van der Waals surface area contributed by atoms with Crippen LogP contribution in [0, 0.1) is 6.92 Å². The summed E-state index contributed by atoms with van der Waals surface area (Å²) in [6.45, 7) is 3.69. The highest BCUT2D eigenvalue weighted by molar-refractivity contribution is 6.15. The number of hydrazine groups is 1. The lowest BCUT2D eigenvalue weighted by atomic mass is 10.1. The number of hydrogen-bond donors (Lipinski definition) is 1. The number of aromatic nitrogens is 1. The van der Waals surface area contributed by atoms with E-state index in [1.54, 1.807) is 27.2 Å². The summed E-state index contributed by atoms with van der Waals surface area (Å²) in [5.41, 5.74) is 6.72. The summed E-state index contributed by atoms with van der Waals surface area (Å²) < 4.78 is 10.7. The largest absolute Gasteiger partial charge is 0.497 e. The summed E-state index contributed by atoms with van der Waals surface area (Å²) in [6.07, 6.45) is 1.73. The summed E-state index contributed by atoms with van der Waals surface area (Å²) >= 11 is 0. The number of nitrogens with zero attached hydrogens (tertiary/aromatic N) is 3. The van der Waals surface area contributed by atoms with Gasteiger partial charge in [0.15, 0.2) is 0 Å². The Kier molecular flexibility index (Phi) is 5.10. The molecule has 0 saturated heterocycles. The Morgan fingerprint density at radius 2 is 1.83 bits per heavy atom. The molecule has 0 unspecified atom stereocenters. The number of hydrogen-bond acceptors (Lipinski definition) is 6. The van der Waals surface area contributed by atoms with Crippen molar-refractivity contribution in [3.05, 3.63) is 65.5 Å². The lowest BCUT2D eigenvalue weighted by Crippen LogP contribution is -2.36. The number of amidine groups is 1. The summed E-state index contributed by atoms with van der Waals surface area (Å²) in [5, 5.41) is 2.29. The van der Waals surface area contributed by atoms with E-state index in [9.17, 15) is 4.79 Å². The molecule has 0 atom stereocenters. The van der Waals surface area contributed by atoms with E-state index in [-0.39, 0.29) is 5.91 Å². The van der Waals surface area contributed by atoms with Gasteiger partial charge in [0.05, 0.1) is 25.4 Å². The normalized spacial score (nSPS) is 14.9. The molecule has 152 valence electrons. The maximum atomic E-state index is 13.1. The summed E-state index contributed by atoms with van der Waals surface area (Å²) in [5.74, 6) is 1.70. The Hall–Kier alpha value is -3.87. The molecule has 2 heterocycles. The van der Waals surface area contributed by atoms with Crippen molar-refractivity contribution in [3.63, 3.8) is 0 Å². The highest BCUT2D eigenvalue weighted by Gasteiger charge is 2.28. The Morgan fingerprint density at radius 1 is 1.03 bits per heavy atom. The van der Waals surface area contributed by atoms with E-state index >= 15 is 0 Å². The van der Waals surface area contributed by atoms with Gasteiger partial charge < -0.3 is 9.47 Å². The number of benzene rings is 2. The molecule has 7 heteroatoms. The minimum atomic E-state index is -0.246. The van der Waals surface area contributed by atoms with Crippen LogP contribution in [0.1, 0.15) is 18.2 Å². The Bertz CT molecular complexity index is 1200. The molecule has 1 aliphatic heterocycles. The first-order chi connectivity index (χ1) is 14.5. The highest BCUT2D eigenvalue weighted by atomic mass is 16.5. The lowest BCUT2D eigenvalue weighted by molar-refractivity contribution is -0.121. The number of aliphatic imine (C=N–C) groups is 1. The van der Waals surface area contributed by atoms with Gasteiger partial charge in [-0.05, 0) is 50.3 Å². The predicted octanol–water partition coefficient (Wildman–Crippen LogP) is 4.19. The zero-order valence-electron chi connectivity index (χ0n) is 17.3. The van der Waals surface area contributed by atoms with Crippen molar-refractivity contribution in [3.8, 4) is 11.5 Å². The fraction of sp³-hybridized carbons (Fsp3) is 0.174. The standard InChI is InChI=1S/C23H22N4O3/c1-14-11-20(18-13-17(29-3)9-10-19(18)24-14)26-27-15(2)25-21(23(27)28)12-16-7-5-6-8-22(16)30-4/h5-13H,1-4H3,(H,24,26)/b21-12-. The topological polar surface area (TPSA) is 76.0 Å². The quantitative estimate of drug-likeness (QED) is 0.648. The molecule has 0 spiro atoms. The van der Waals surface area contributed by atoms with Crippen LogP contribution in [0.3, 0.4) is 0 Å². The van der Waals surface area contributed by atoms with Gasteiger partial charge >= 0.3 is 0 Å². The molecule has 1 amide bonds. The van der Waals surface area contributed by atoms with Crippen molar-refractivity contribution < 1.29 is 14.3 Å². The van der Waals surface area contributed by atoms with Crippen molar-refractivity contribution in [2.24, 2.45) is 4.99 Å². The zero-order chi connectivity index (χ0) is 21.3. The van der Waals surface area contributed by atoms with Crippen LogP contribution in [-0.4, -0.2) is 36.0 Å². The SMILES string of the molecule is COc1ccc2nc(C)cc(NN3C(=O)/C(=C/c4ccccc4OC)N=C3C)c2c1. The smallest absolute Gasteiger partial charge is 0.296 e. The maximum Gasteiger partial charge on any atom is 0.296 e. The summed E-state index contributed by atoms with van der Waals surface area (Å²) in [4.78, 5) is 22.1. The molecule has 1 N–H and O–H groups in total. The van der Waals surface area contributed by atoms with E-state index in [0.29, 0.717) is 23.0 Å². The predicted molar refractivity (Wildman–Crippen MR) is 118 cm³/mol. The number of amides is 1. The average Bonchev–Trinajstić information content (AvgIpc) is 3.01. The zero-order valence-corrected chi connectivity index (χ0v) is 17.3. The molecule has 0 fully saturated rings. The minimum absolute atomic E-state index is 0.246. The van der Waals surface area contributed by atoms with Gasteiger partial charge in [-0.2, -0.15) is 0 Å². The van der Waals surface area contributed by atoms with Gasteiger partial charge in [-0.3, -0.25) is 15.2 Å². The molecule has 0 radical (unpaired) electrons. The Balaban J connectivity index is 1.69. The van der Waals surface area contributed by atoms with E-state index in [1.165, 1.54) is 5.01 Å². The van der Waals surface area contributed by atoms with Crippen LogP contribution in [0.4, 0.5) is 5.69 Å². The number of anilines is 1. The molecule has 0 aliphatic carbocycles. The van der Waals surface area contributed by atoms with E-state index < -0.39 is 0 Å². The molecule has 4 rings (SSSR count). The molecule has 30 heavy (non-hydrogen) atoms. The van der Waals surface area contributed by atoms with Crippen LogP contribution in [-0.2, 0) is 4.79 Å². The fourth-order valence-corrected chi connectivity index (χ4v) is 3.37. The number of methoxy groups -OCH3 is 2. The number of aryl methyl sites for hydroxylation is 1. The fourth-order valence-electron chi connectivity index (χ4n) is 3.37. The van der Waals surface area contributed by atoms with Gasteiger partial charge in [0.25, 0.3) is 5.91 Å². The van der Waals surface area contributed by atoms with Crippen LogP contribution in [0.15, 0.2) is 59.2 Å². The molecule has 1 aromatic heterocycles. The number of rotatable bonds is 5. The molecular formula is C23H22N4O3. The van der Waals surface area contributed by atoms with Crippen LogP contribution in [0.5, 0.6) is 11.5 Å². The number of nitrogens with one attached hydrogen (secondary N) is 1. The van der Waals surface area contributed by atoms with Gasteiger partial charge in [-0.1, -0.05) is 18.2 Å². The Labute approximate surface area is 174 Å². The molecule has 0 bridgehead atoms. The molecule has 2 aromatic carbocycles. The van der Waals surface area contributed by atoms with Crippen LogP contribution < -0.4 is 14.9 Å². The van der Waals surface area contributed by atoms with Gasteiger partial charge in [0, 0.05) is 16.6 Å². The number of carbonyl (C=O) groups is 1. The lowest BCUT2D eigenvalue weighted by Gasteiger charge is -2.20. The van der Waals surface area contributed by atoms with Crippen molar-refractivity contribution in [1.82, 2.24) is 9.99 Å². The van der Waals surface area contributed by atoms with Crippen LogP contribution in [0.25, 0.3) is 17.0 Å². The molecule has 0 saturated carbocycles. The first kappa shape index (κ1) is 19.4.